The highest BCUT2D eigenvalue weighted by Crippen LogP contribution is 2.21. The van der Waals surface area contributed by atoms with Gasteiger partial charge in [0.15, 0.2) is 5.58 Å². The Morgan fingerprint density at radius 3 is 2.84 bits per heavy atom. The standard InChI is InChI=1S/C14H20N2O3/c1-4-10(9-17)8-15(2)11-5-6-13-12(7-11)16(3)14(18)19-13/h5-7,10,17H,4,8-9H2,1-3H3. The van der Waals surface area contributed by atoms with E-state index in [2.05, 4.69) is 11.8 Å². The lowest BCUT2D eigenvalue weighted by Crippen LogP contribution is -2.27. The lowest BCUT2D eigenvalue weighted by molar-refractivity contribution is 0.225. The number of benzene rings is 1. The van der Waals surface area contributed by atoms with Crippen molar-refractivity contribution < 1.29 is 9.52 Å². The Labute approximate surface area is 112 Å². The van der Waals surface area contributed by atoms with Gasteiger partial charge in [0.1, 0.15) is 0 Å². The summed E-state index contributed by atoms with van der Waals surface area (Å²) < 4.78 is 6.60. The number of aliphatic hydroxyl groups is 1. The first-order chi connectivity index (χ1) is 9.06. The summed E-state index contributed by atoms with van der Waals surface area (Å²) in [6.07, 6.45) is 0.938. The van der Waals surface area contributed by atoms with Gasteiger partial charge in [-0.25, -0.2) is 4.79 Å². The average Bonchev–Trinajstić information content (AvgIpc) is 2.71. The zero-order valence-corrected chi connectivity index (χ0v) is 11.6. The highest BCUT2D eigenvalue weighted by molar-refractivity contribution is 5.77. The number of rotatable bonds is 5. The Bertz CT molecular complexity index is 611. The molecule has 0 saturated heterocycles. The van der Waals surface area contributed by atoms with Crippen LogP contribution in [0.4, 0.5) is 5.69 Å². The average molecular weight is 264 g/mol. The smallest absolute Gasteiger partial charge is 0.408 e. The Morgan fingerprint density at radius 1 is 1.47 bits per heavy atom. The maximum absolute atomic E-state index is 11.4. The molecule has 1 N–H and O–H groups in total. The van der Waals surface area contributed by atoms with Crippen molar-refractivity contribution in [3.63, 3.8) is 0 Å². The van der Waals surface area contributed by atoms with Gasteiger partial charge in [0.25, 0.3) is 0 Å². The number of aromatic nitrogens is 1. The highest BCUT2D eigenvalue weighted by atomic mass is 16.4. The molecule has 1 aromatic carbocycles. The Morgan fingerprint density at radius 2 is 2.21 bits per heavy atom. The molecule has 1 aromatic heterocycles. The predicted octanol–water partition coefficient (Wildman–Crippen LogP) is 1.59. The summed E-state index contributed by atoms with van der Waals surface area (Å²) in [6, 6.07) is 5.67. The second-order valence-corrected chi connectivity index (χ2v) is 4.92. The van der Waals surface area contributed by atoms with Gasteiger partial charge in [-0.3, -0.25) is 4.57 Å². The van der Waals surface area contributed by atoms with E-state index in [4.69, 9.17) is 4.42 Å². The lowest BCUT2D eigenvalue weighted by atomic mass is 10.1. The number of fused-ring (bicyclic) bond motifs is 1. The monoisotopic (exact) mass is 264 g/mol. The fourth-order valence-corrected chi connectivity index (χ4v) is 2.16. The topological polar surface area (TPSA) is 58.6 Å². The van der Waals surface area contributed by atoms with Crippen molar-refractivity contribution in [3.8, 4) is 0 Å². The summed E-state index contributed by atoms with van der Waals surface area (Å²) in [5.41, 5.74) is 2.39. The minimum absolute atomic E-state index is 0.188. The van der Waals surface area contributed by atoms with E-state index in [-0.39, 0.29) is 18.3 Å². The minimum atomic E-state index is -0.350. The molecule has 0 aliphatic carbocycles. The van der Waals surface area contributed by atoms with Crippen LogP contribution < -0.4 is 10.7 Å². The van der Waals surface area contributed by atoms with Crippen LogP contribution in [0.2, 0.25) is 0 Å². The van der Waals surface area contributed by atoms with Gasteiger partial charge in [0, 0.05) is 32.9 Å². The first-order valence-electron chi connectivity index (χ1n) is 6.48. The van der Waals surface area contributed by atoms with Crippen LogP contribution in [0.3, 0.4) is 0 Å². The van der Waals surface area contributed by atoms with Crippen molar-refractivity contribution in [3.05, 3.63) is 28.7 Å². The first-order valence-corrected chi connectivity index (χ1v) is 6.48. The van der Waals surface area contributed by atoms with Crippen molar-refractivity contribution in [1.82, 2.24) is 4.57 Å². The Balaban J connectivity index is 2.29. The van der Waals surface area contributed by atoms with Gasteiger partial charge in [0.05, 0.1) is 5.52 Å². The van der Waals surface area contributed by atoms with Crippen molar-refractivity contribution in [2.24, 2.45) is 13.0 Å². The fraction of sp³-hybridized carbons (Fsp3) is 0.500. The van der Waals surface area contributed by atoms with Gasteiger partial charge in [-0.1, -0.05) is 6.92 Å². The summed E-state index contributed by atoms with van der Waals surface area (Å²) in [6.45, 7) is 3.04. The van der Waals surface area contributed by atoms with Gasteiger partial charge in [-0.15, -0.1) is 0 Å². The molecule has 2 rings (SSSR count). The van der Waals surface area contributed by atoms with E-state index in [1.807, 2.05) is 25.2 Å². The molecule has 19 heavy (non-hydrogen) atoms. The third kappa shape index (κ3) is 2.66. The van der Waals surface area contributed by atoms with Gasteiger partial charge >= 0.3 is 5.76 Å². The molecule has 0 radical (unpaired) electrons. The number of aliphatic hydroxyl groups excluding tert-OH is 1. The molecule has 1 unspecified atom stereocenters. The molecule has 5 nitrogen and oxygen atoms in total. The van der Waals surface area contributed by atoms with Crippen molar-refractivity contribution >= 4 is 16.8 Å². The number of anilines is 1. The Kier molecular flexibility index (Phi) is 3.95. The van der Waals surface area contributed by atoms with E-state index in [0.717, 1.165) is 24.2 Å². The zero-order valence-electron chi connectivity index (χ0n) is 11.6. The van der Waals surface area contributed by atoms with Crippen molar-refractivity contribution in [2.75, 3.05) is 25.1 Å². The fourth-order valence-electron chi connectivity index (χ4n) is 2.16. The predicted molar refractivity (Wildman–Crippen MR) is 75.6 cm³/mol. The van der Waals surface area contributed by atoms with Gasteiger partial charge in [-0.2, -0.15) is 0 Å². The number of hydrogen-bond acceptors (Lipinski definition) is 4. The van der Waals surface area contributed by atoms with Gasteiger partial charge < -0.3 is 14.4 Å². The van der Waals surface area contributed by atoms with Crippen molar-refractivity contribution in [2.45, 2.75) is 13.3 Å². The van der Waals surface area contributed by atoms with Gasteiger partial charge in [0.2, 0.25) is 0 Å². The quantitative estimate of drug-likeness (QED) is 0.891. The van der Waals surface area contributed by atoms with Crippen LogP contribution in [0.15, 0.2) is 27.4 Å². The van der Waals surface area contributed by atoms with Crippen LogP contribution in [-0.2, 0) is 7.05 Å². The summed E-state index contributed by atoms with van der Waals surface area (Å²) in [4.78, 5) is 13.5. The first kappa shape index (κ1) is 13.7. The van der Waals surface area contributed by atoms with E-state index >= 15 is 0 Å². The summed E-state index contributed by atoms with van der Waals surface area (Å²) in [5.74, 6) is -0.0922. The molecule has 5 heteroatoms. The van der Waals surface area contributed by atoms with Crippen molar-refractivity contribution in [1.29, 1.82) is 0 Å². The Hall–Kier alpha value is -1.75. The number of aryl methyl sites for hydroxylation is 1. The lowest BCUT2D eigenvalue weighted by Gasteiger charge is -2.23. The highest BCUT2D eigenvalue weighted by Gasteiger charge is 2.12. The molecule has 0 aliphatic rings. The number of nitrogens with zero attached hydrogens (tertiary/aromatic N) is 2. The summed E-state index contributed by atoms with van der Waals surface area (Å²) in [5, 5.41) is 9.25. The molecule has 0 amide bonds. The molecule has 0 bridgehead atoms. The number of oxazole rings is 1. The van der Waals surface area contributed by atoms with E-state index in [1.54, 1.807) is 7.05 Å². The van der Waals surface area contributed by atoms with Crippen LogP contribution >= 0.6 is 0 Å². The van der Waals surface area contributed by atoms with Crippen LogP contribution in [-0.4, -0.2) is 29.9 Å². The SMILES string of the molecule is CCC(CO)CN(C)c1ccc2oc(=O)n(C)c2c1. The van der Waals surface area contributed by atoms with Gasteiger partial charge in [-0.05, 0) is 30.5 Å². The maximum Gasteiger partial charge on any atom is 0.419 e. The van der Waals surface area contributed by atoms with Crippen LogP contribution in [0, 0.1) is 5.92 Å². The molecular weight excluding hydrogens is 244 g/mol. The van der Waals surface area contributed by atoms with E-state index in [9.17, 15) is 9.90 Å². The third-order valence-electron chi connectivity index (χ3n) is 3.58. The normalized spacial score (nSPS) is 12.8. The van der Waals surface area contributed by atoms with Crippen LogP contribution in [0.25, 0.3) is 11.1 Å². The zero-order chi connectivity index (χ0) is 14.0. The molecule has 1 heterocycles. The molecule has 2 aromatic rings. The molecule has 0 spiro atoms. The second kappa shape index (κ2) is 5.48. The molecule has 0 aliphatic heterocycles. The largest absolute Gasteiger partial charge is 0.419 e. The number of hydrogen-bond donors (Lipinski definition) is 1. The van der Waals surface area contributed by atoms with Crippen LogP contribution in [0.1, 0.15) is 13.3 Å². The van der Waals surface area contributed by atoms with Crippen LogP contribution in [0.5, 0.6) is 0 Å². The maximum atomic E-state index is 11.4. The molecule has 1 atom stereocenters. The minimum Gasteiger partial charge on any atom is -0.408 e. The van der Waals surface area contributed by atoms with E-state index in [1.165, 1.54) is 4.57 Å². The molecule has 104 valence electrons. The van der Waals surface area contributed by atoms with E-state index < -0.39 is 0 Å². The molecule has 0 fully saturated rings. The molecule has 0 saturated carbocycles. The summed E-state index contributed by atoms with van der Waals surface area (Å²) in [7, 11) is 3.68. The van der Waals surface area contributed by atoms with E-state index in [0.29, 0.717) is 5.58 Å². The third-order valence-corrected chi connectivity index (χ3v) is 3.58. The second-order valence-electron chi connectivity index (χ2n) is 4.92. The molecular formula is C14H20N2O3. The summed E-state index contributed by atoms with van der Waals surface area (Å²) >= 11 is 0.